The van der Waals surface area contributed by atoms with Gasteiger partial charge in [0.2, 0.25) is 0 Å². The number of ether oxygens (including phenoxy) is 1. The molecule has 1 heterocycles. The Morgan fingerprint density at radius 3 is 2.76 bits per heavy atom. The Bertz CT molecular complexity index is 678. The Labute approximate surface area is 155 Å². The summed E-state index contributed by atoms with van der Waals surface area (Å²) >= 11 is 3.35. The zero-order chi connectivity index (χ0) is 18.0. The number of carbonyl (C=O) groups is 1. The Balaban J connectivity index is 1.80. The van der Waals surface area contributed by atoms with Gasteiger partial charge in [-0.1, -0.05) is 32.1 Å². The summed E-state index contributed by atoms with van der Waals surface area (Å²) < 4.78 is 19.9. The van der Waals surface area contributed by atoms with Crippen LogP contribution in [0.25, 0.3) is 0 Å². The highest BCUT2D eigenvalue weighted by Crippen LogP contribution is 2.34. The highest BCUT2D eigenvalue weighted by molar-refractivity contribution is 9.10. The number of nitrogens with one attached hydrogen (secondary N) is 2. The smallest absolute Gasteiger partial charge is 0.258 e. The normalized spacial score (nSPS) is 24.5. The molecular formula is C18H23BrFN3O2. The summed E-state index contributed by atoms with van der Waals surface area (Å²) in [7, 11) is 1.60. The fourth-order valence-electron chi connectivity index (χ4n) is 3.75. The minimum Gasteiger partial charge on any atom is -0.489 e. The van der Waals surface area contributed by atoms with E-state index in [0.717, 1.165) is 12.8 Å². The first-order valence-corrected chi connectivity index (χ1v) is 9.43. The molecule has 0 bridgehead atoms. The predicted octanol–water partition coefficient (Wildman–Crippen LogP) is 3.67. The molecule has 2 N–H and O–H groups in total. The average Bonchev–Trinajstić information content (AvgIpc) is 2.81. The minimum absolute atomic E-state index is 0.0666. The van der Waals surface area contributed by atoms with Crippen molar-refractivity contribution in [3.05, 3.63) is 28.5 Å². The topological polar surface area (TPSA) is 65.4 Å². The Kier molecular flexibility index (Phi) is 5.32. The van der Waals surface area contributed by atoms with Crippen LogP contribution in [0.2, 0.25) is 0 Å². The van der Waals surface area contributed by atoms with Crippen molar-refractivity contribution < 1.29 is 13.9 Å². The third kappa shape index (κ3) is 3.81. The van der Waals surface area contributed by atoms with E-state index in [9.17, 15) is 9.18 Å². The molecule has 0 aromatic heterocycles. The Morgan fingerprint density at radius 1 is 1.40 bits per heavy atom. The Hall–Kier alpha value is -1.63. The summed E-state index contributed by atoms with van der Waals surface area (Å²) in [6.45, 7) is 0.0666. The second-order valence-corrected chi connectivity index (χ2v) is 7.85. The van der Waals surface area contributed by atoms with Crippen molar-refractivity contribution in [3.63, 3.8) is 0 Å². The SMILES string of the molecule is CN1C(=N)NC(COc2cc(F)ccc2Br)(CC2CCCCC2)C1=O. The van der Waals surface area contributed by atoms with Gasteiger partial charge in [0.1, 0.15) is 18.2 Å². The van der Waals surface area contributed by atoms with Crippen LogP contribution in [-0.4, -0.2) is 36.0 Å². The standard InChI is InChI=1S/C18H23BrFN3O2/c1-23-16(24)18(22-17(23)21,10-12-5-3-2-4-6-12)11-25-15-9-13(20)7-8-14(15)19/h7-9,12H,2-6,10-11H2,1H3,(H2,21,22). The van der Waals surface area contributed by atoms with E-state index < -0.39 is 11.4 Å². The van der Waals surface area contributed by atoms with E-state index in [0.29, 0.717) is 22.6 Å². The molecule has 1 aliphatic heterocycles. The van der Waals surface area contributed by atoms with Gasteiger partial charge in [-0.2, -0.15) is 0 Å². The van der Waals surface area contributed by atoms with Crippen LogP contribution < -0.4 is 10.1 Å². The van der Waals surface area contributed by atoms with Crippen molar-refractivity contribution in [2.24, 2.45) is 5.92 Å². The summed E-state index contributed by atoms with van der Waals surface area (Å²) in [5.41, 5.74) is -0.959. The lowest BCUT2D eigenvalue weighted by molar-refractivity contribution is -0.132. The zero-order valence-electron chi connectivity index (χ0n) is 14.3. The molecule has 0 spiro atoms. The summed E-state index contributed by atoms with van der Waals surface area (Å²) in [6, 6.07) is 4.22. The van der Waals surface area contributed by atoms with Gasteiger partial charge in [0, 0.05) is 13.1 Å². The fraction of sp³-hybridized carbons (Fsp3) is 0.556. The van der Waals surface area contributed by atoms with Crippen molar-refractivity contribution in [2.75, 3.05) is 13.7 Å². The van der Waals surface area contributed by atoms with Crippen LogP contribution in [0.1, 0.15) is 38.5 Å². The first-order valence-electron chi connectivity index (χ1n) is 8.64. The molecule has 1 aromatic rings. The predicted molar refractivity (Wildman–Crippen MR) is 97.2 cm³/mol. The molecule has 1 unspecified atom stereocenters. The van der Waals surface area contributed by atoms with E-state index in [1.807, 2.05) is 0 Å². The maximum atomic E-state index is 13.5. The second kappa shape index (κ2) is 7.32. The summed E-state index contributed by atoms with van der Waals surface area (Å²) in [5, 5.41) is 11.0. The van der Waals surface area contributed by atoms with Gasteiger partial charge in [-0.05, 0) is 40.4 Å². The van der Waals surface area contributed by atoms with Gasteiger partial charge >= 0.3 is 0 Å². The molecule has 1 saturated heterocycles. The first-order chi connectivity index (χ1) is 11.9. The van der Waals surface area contributed by atoms with Crippen LogP contribution in [0.5, 0.6) is 5.75 Å². The van der Waals surface area contributed by atoms with Crippen LogP contribution in [0.4, 0.5) is 4.39 Å². The lowest BCUT2D eigenvalue weighted by Gasteiger charge is -2.32. The van der Waals surface area contributed by atoms with E-state index in [2.05, 4.69) is 21.2 Å². The zero-order valence-corrected chi connectivity index (χ0v) is 15.9. The molecule has 3 rings (SSSR count). The molecule has 0 radical (unpaired) electrons. The number of guanidine groups is 1. The molecular weight excluding hydrogens is 389 g/mol. The van der Waals surface area contributed by atoms with Gasteiger partial charge in [0.15, 0.2) is 11.5 Å². The molecule has 1 amide bonds. The van der Waals surface area contributed by atoms with Crippen molar-refractivity contribution in [3.8, 4) is 5.75 Å². The number of hydrogen-bond donors (Lipinski definition) is 2. The van der Waals surface area contributed by atoms with Crippen LogP contribution in [0.3, 0.4) is 0 Å². The average molecular weight is 412 g/mol. The van der Waals surface area contributed by atoms with Gasteiger partial charge in [-0.3, -0.25) is 15.1 Å². The van der Waals surface area contributed by atoms with Gasteiger partial charge in [0.25, 0.3) is 5.91 Å². The molecule has 7 heteroatoms. The second-order valence-electron chi connectivity index (χ2n) is 6.99. The maximum Gasteiger partial charge on any atom is 0.258 e. The monoisotopic (exact) mass is 411 g/mol. The van der Waals surface area contributed by atoms with Crippen molar-refractivity contribution in [2.45, 2.75) is 44.1 Å². The van der Waals surface area contributed by atoms with Gasteiger partial charge in [-0.25, -0.2) is 4.39 Å². The van der Waals surface area contributed by atoms with Gasteiger partial charge in [0.05, 0.1) is 4.47 Å². The van der Waals surface area contributed by atoms with E-state index in [1.165, 1.54) is 36.3 Å². The highest BCUT2D eigenvalue weighted by Gasteiger charge is 2.50. The molecule has 1 aliphatic carbocycles. The summed E-state index contributed by atoms with van der Waals surface area (Å²) in [5.74, 6) is 0.330. The minimum atomic E-state index is -0.959. The van der Waals surface area contributed by atoms with Crippen LogP contribution in [0.15, 0.2) is 22.7 Å². The number of likely N-dealkylation sites (N-methyl/N-ethyl adjacent to an activating group) is 1. The fourth-order valence-corrected chi connectivity index (χ4v) is 4.12. The van der Waals surface area contributed by atoms with Gasteiger partial charge < -0.3 is 10.1 Å². The lowest BCUT2D eigenvalue weighted by Crippen LogP contribution is -2.53. The highest BCUT2D eigenvalue weighted by atomic mass is 79.9. The maximum absolute atomic E-state index is 13.5. The summed E-state index contributed by atoms with van der Waals surface area (Å²) in [4.78, 5) is 14.2. The van der Waals surface area contributed by atoms with Crippen LogP contribution >= 0.6 is 15.9 Å². The Morgan fingerprint density at radius 2 is 2.12 bits per heavy atom. The molecule has 136 valence electrons. The molecule has 2 fully saturated rings. The van der Waals surface area contributed by atoms with Crippen LogP contribution in [0, 0.1) is 17.1 Å². The number of nitrogens with zero attached hydrogens (tertiary/aromatic N) is 1. The third-order valence-corrected chi connectivity index (χ3v) is 5.79. The third-order valence-electron chi connectivity index (χ3n) is 5.14. The summed E-state index contributed by atoms with van der Waals surface area (Å²) in [6.07, 6.45) is 6.42. The van der Waals surface area contributed by atoms with Gasteiger partial charge in [-0.15, -0.1) is 0 Å². The number of halogens is 2. The quantitative estimate of drug-likeness (QED) is 0.776. The van der Waals surface area contributed by atoms with E-state index in [4.69, 9.17) is 10.1 Å². The molecule has 1 atom stereocenters. The van der Waals surface area contributed by atoms with Crippen LogP contribution in [-0.2, 0) is 4.79 Å². The molecule has 25 heavy (non-hydrogen) atoms. The van der Waals surface area contributed by atoms with E-state index >= 15 is 0 Å². The molecule has 1 aromatic carbocycles. The number of rotatable bonds is 5. The van der Waals surface area contributed by atoms with E-state index in [-0.39, 0.29) is 18.5 Å². The first kappa shape index (κ1) is 18.2. The van der Waals surface area contributed by atoms with E-state index in [1.54, 1.807) is 13.1 Å². The number of carbonyl (C=O) groups excluding carboxylic acids is 1. The lowest BCUT2D eigenvalue weighted by atomic mass is 9.79. The van der Waals surface area contributed by atoms with Crippen molar-refractivity contribution >= 4 is 27.8 Å². The molecule has 1 saturated carbocycles. The number of benzene rings is 1. The number of amides is 1. The molecule has 5 nitrogen and oxygen atoms in total. The number of hydrogen-bond acceptors (Lipinski definition) is 3. The largest absolute Gasteiger partial charge is 0.489 e. The molecule has 2 aliphatic rings. The van der Waals surface area contributed by atoms with Crippen molar-refractivity contribution in [1.29, 1.82) is 5.41 Å². The van der Waals surface area contributed by atoms with Crippen molar-refractivity contribution in [1.82, 2.24) is 10.2 Å².